The van der Waals surface area contributed by atoms with Crippen LogP contribution in [0.2, 0.25) is 0 Å². The fraction of sp³-hybridized carbons (Fsp3) is 1.00. The summed E-state index contributed by atoms with van der Waals surface area (Å²) in [6, 6.07) is 0.812. The van der Waals surface area contributed by atoms with Gasteiger partial charge in [0.25, 0.3) is 0 Å². The van der Waals surface area contributed by atoms with Crippen molar-refractivity contribution in [1.29, 1.82) is 0 Å². The van der Waals surface area contributed by atoms with Crippen LogP contribution in [0.1, 0.15) is 39.0 Å². The van der Waals surface area contributed by atoms with Crippen molar-refractivity contribution < 1.29 is 4.74 Å². The first-order valence-electron chi connectivity index (χ1n) is 7.39. The fourth-order valence-electron chi connectivity index (χ4n) is 2.95. The SMILES string of the molecule is CC1CCCCN1CCCNCC1CCOC1. The highest BCUT2D eigenvalue weighted by Crippen LogP contribution is 2.16. The molecule has 100 valence electrons. The quantitative estimate of drug-likeness (QED) is 0.717. The molecule has 2 fully saturated rings. The molecule has 2 heterocycles. The van der Waals surface area contributed by atoms with Crippen molar-refractivity contribution in [3.63, 3.8) is 0 Å². The lowest BCUT2D eigenvalue weighted by Crippen LogP contribution is -2.39. The van der Waals surface area contributed by atoms with E-state index in [1.807, 2.05) is 0 Å². The number of ether oxygens (including phenoxy) is 1. The van der Waals surface area contributed by atoms with Gasteiger partial charge in [0.2, 0.25) is 0 Å². The van der Waals surface area contributed by atoms with E-state index in [9.17, 15) is 0 Å². The van der Waals surface area contributed by atoms with E-state index in [-0.39, 0.29) is 0 Å². The molecule has 0 aromatic carbocycles. The van der Waals surface area contributed by atoms with Crippen molar-refractivity contribution >= 4 is 0 Å². The maximum absolute atomic E-state index is 5.38. The van der Waals surface area contributed by atoms with Crippen LogP contribution < -0.4 is 5.32 Å². The number of piperidine rings is 1. The third-order valence-electron chi connectivity index (χ3n) is 4.20. The van der Waals surface area contributed by atoms with Gasteiger partial charge in [-0.3, -0.25) is 0 Å². The second kappa shape index (κ2) is 7.34. The third kappa shape index (κ3) is 4.57. The van der Waals surface area contributed by atoms with E-state index in [1.54, 1.807) is 0 Å². The highest BCUT2D eigenvalue weighted by molar-refractivity contribution is 4.73. The Hall–Kier alpha value is -0.120. The van der Waals surface area contributed by atoms with Crippen molar-refractivity contribution in [2.75, 3.05) is 39.4 Å². The van der Waals surface area contributed by atoms with Crippen LogP contribution in [0.4, 0.5) is 0 Å². The minimum absolute atomic E-state index is 0.768. The number of hydrogen-bond acceptors (Lipinski definition) is 3. The zero-order valence-corrected chi connectivity index (χ0v) is 11.3. The minimum atomic E-state index is 0.768. The largest absolute Gasteiger partial charge is 0.381 e. The molecule has 0 aromatic rings. The van der Waals surface area contributed by atoms with Gasteiger partial charge in [0.05, 0.1) is 6.61 Å². The molecule has 0 aliphatic carbocycles. The zero-order chi connectivity index (χ0) is 11.9. The van der Waals surface area contributed by atoms with Crippen LogP contribution in [0.3, 0.4) is 0 Å². The summed E-state index contributed by atoms with van der Waals surface area (Å²) in [6.07, 6.45) is 6.76. The lowest BCUT2D eigenvalue weighted by molar-refractivity contribution is 0.158. The van der Waals surface area contributed by atoms with Crippen LogP contribution in [0.25, 0.3) is 0 Å². The van der Waals surface area contributed by atoms with Crippen molar-refractivity contribution in [3.05, 3.63) is 0 Å². The summed E-state index contributed by atoms with van der Waals surface area (Å²) in [6.45, 7) is 9.22. The molecule has 3 nitrogen and oxygen atoms in total. The van der Waals surface area contributed by atoms with E-state index in [2.05, 4.69) is 17.1 Å². The summed E-state index contributed by atoms with van der Waals surface area (Å²) in [5.74, 6) is 0.768. The number of nitrogens with one attached hydrogen (secondary N) is 1. The molecule has 0 amide bonds. The van der Waals surface area contributed by atoms with Crippen molar-refractivity contribution in [1.82, 2.24) is 10.2 Å². The van der Waals surface area contributed by atoms with Gasteiger partial charge in [-0.2, -0.15) is 0 Å². The Labute approximate surface area is 106 Å². The molecule has 0 radical (unpaired) electrons. The van der Waals surface area contributed by atoms with Crippen molar-refractivity contribution in [2.45, 2.75) is 45.1 Å². The van der Waals surface area contributed by atoms with Crippen LogP contribution in [-0.2, 0) is 4.74 Å². The lowest BCUT2D eigenvalue weighted by atomic mass is 10.0. The topological polar surface area (TPSA) is 24.5 Å². The summed E-state index contributed by atoms with van der Waals surface area (Å²) in [7, 11) is 0. The number of hydrogen-bond donors (Lipinski definition) is 1. The number of likely N-dealkylation sites (tertiary alicyclic amines) is 1. The predicted octanol–water partition coefficient (Wildman–Crippen LogP) is 1.88. The number of nitrogens with zero attached hydrogens (tertiary/aromatic N) is 1. The average molecular weight is 240 g/mol. The van der Waals surface area contributed by atoms with E-state index in [1.165, 1.54) is 51.7 Å². The summed E-state index contributed by atoms with van der Waals surface area (Å²) in [5.41, 5.74) is 0. The van der Waals surface area contributed by atoms with Crippen molar-refractivity contribution in [3.8, 4) is 0 Å². The Balaban J connectivity index is 1.47. The second-order valence-electron chi connectivity index (χ2n) is 5.67. The molecule has 3 heteroatoms. The molecule has 17 heavy (non-hydrogen) atoms. The van der Waals surface area contributed by atoms with E-state index in [4.69, 9.17) is 4.74 Å². The number of rotatable bonds is 6. The Kier molecular flexibility index (Phi) is 5.75. The van der Waals surface area contributed by atoms with Gasteiger partial charge in [0.15, 0.2) is 0 Å². The van der Waals surface area contributed by atoms with Gasteiger partial charge >= 0.3 is 0 Å². The van der Waals surface area contributed by atoms with Gasteiger partial charge in [0, 0.05) is 19.2 Å². The molecular weight excluding hydrogens is 212 g/mol. The summed E-state index contributed by atoms with van der Waals surface area (Å²) < 4.78 is 5.38. The Morgan fingerprint density at radius 1 is 1.29 bits per heavy atom. The molecule has 0 saturated carbocycles. The molecule has 2 aliphatic rings. The molecular formula is C14H28N2O. The maximum atomic E-state index is 5.38. The van der Waals surface area contributed by atoms with Gasteiger partial charge in [-0.1, -0.05) is 6.42 Å². The Morgan fingerprint density at radius 3 is 3.00 bits per heavy atom. The van der Waals surface area contributed by atoms with E-state index < -0.39 is 0 Å². The smallest absolute Gasteiger partial charge is 0.0507 e. The Morgan fingerprint density at radius 2 is 2.24 bits per heavy atom. The summed E-state index contributed by atoms with van der Waals surface area (Å²) in [5, 5.41) is 3.58. The molecule has 2 rings (SSSR count). The fourth-order valence-corrected chi connectivity index (χ4v) is 2.95. The van der Waals surface area contributed by atoms with Crippen LogP contribution in [0.15, 0.2) is 0 Å². The van der Waals surface area contributed by atoms with Crippen molar-refractivity contribution in [2.24, 2.45) is 5.92 Å². The van der Waals surface area contributed by atoms with Crippen LogP contribution in [-0.4, -0.2) is 50.3 Å². The average Bonchev–Trinajstić information content (AvgIpc) is 2.84. The highest BCUT2D eigenvalue weighted by atomic mass is 16.5. The molecule has 2 atom stereocenters. The summed E-state index contributed by atoms with van der Waals surface area (Å²) in [4.78, 5) is 2.66. The normalized spacial score (nSPS) is 30.9. The molecule has 2 aliphatic heterocycles. The molecule has 2 unspecified atom stereocenters. The van der Waals surface area contributed by atoms with Gasteiger partial charge in [-0.15, -0.1) is 0 Å². The second-order valence-corrected chi connectivity index (χ2v) is 5.67. The van der Waals surface area contributed by atoms with Crippen LogP contribution in [0.5, 0.6) is 0 Å². The predicted molar refractivity (Wildman–Crippen MR) is 71.3 cm³/mol. The minimum Gasteiger partial charge on any atom is -0.381 e. The maximum Gasteiger partial charge on any atom is 0.0507 e. The van der Waals surface area contributed by atoms with Crippen LogP contribution in [0, 0.1) is 5.92 Å². The van der Waals surface area contributed by atoms with E-state index in [0.717, 1.165) is 31.7 Å². The molecule has 1 N–H and O–H groups in total. The Bertz CT molecular complexity index is 204. The van der Waals surface area contributed by atoms with Gasteiger partial charge in [0.1, 0.15) is 0 Å². The monoisotopic (exact) mass is 240 g/mol. The van der Waals surface area contributed by atoms with Gasteiger partial charge in [-0.25, -0.2) is 0 Å². The first-order valence-corrected chi connectivity index (χ1v) is 7.39. The van der Waals surface area contributed by atoms with Crippen LogP contribution >= 0.6 is 0 Å². The highest BCUT2D eigenvalue weighted by Gasteiger charge is 2.17. The first kappa shape index (κ1) is 13.3. The lowest BCUT2D eigenvalue weighted by Gasteiger charge is -2.33. The van der Waals surface area contributed by atoms with E-state index in [0.29, 0.717) is 0 Å². The molecule has 0 spiro atoms. The zero-order valence-electron chi connectivity index (χ0n) is 11.3. The summed E-state index contributed by atoms with van der Waals surface area (Å²) >= 11 is 0. The van der Waals surface area contributed by atoms with E-state index >= 15 is 0 Å². The molecule has 0 aromatic heterocycles. The van der Waals surface area contributed by atoms with Gasteiger partial charge < -0.3 is 15.0 Å². The molecule has 2 saturated heterocycles. The van der Waals surface area contributed by atoms with Gasteiger partial charge in [-0.05, 0) is 58.2 Å². The standard InChI is InChI=1S/C14H28N2O/c1-13-5-2-3-8-16(13)9-4-7-15-11-14-6-10-17-12-14/h13-15H,2-12H2,1H3. The molecule has 0 bridgehead atoms. The third-order valence-corrected chi connectivity index (χ3v) is 4.20. The first-order chi connectivity index (χ1) is 8.36.